The van der Waals surface area contributed by atoms with Gasteiger partial charge in [0.2, 0.25) is 5.91 Å². The maximum atomic E-state index is 13.1. The zero-order valence-corrected chi connectivity index (χ0v) is 17.9. The van der Waals surface area contributed by atoms with E-state index >= 15 is 0 Å². The van der Waals surface area contributed by atoms with Crippen molar-refractivity contribution >= 4 is 17.7 Å². The first-order chi connectivity index (χ1) is 13.8. The van der Waals surface area contributed by atoms with Crippen molar-refractivity contribution in [2.24, 2.45) is 0 Å². The van der Waals surface area contributed by atoms with Gasteiger partial charge in [-0.2, -0.15) is 0 Å². The molecular formula is C23H30N2O4. The highest BCUT2D eigenvalue weighted by Gasteiger charge is 2.27. The van der Waals surface area contributed by atoms with Crippen LogP contribution in [0.5, 0.6) is 0 Å². The topological polar surface area (TPSA) is 68.6 Å². The second kappa shape index (κ2) is 10.0. The van der Waals surface area contributed by atoms with Crippen LogP contribution in [0.2, 0.25) is 0 Å². The summed E-state index contributed by atoms with van der Waals surface area (Å²) in [5.41, 5.74) is 3.32. The molecule has 0 aliphatic rings. The zero-order valence-electron chi connectivity index (χ0n) is 17.9. The number of hydrogen-bond donors (Lipinski definition) is 0. The summed E-state index contributed by atoms with van der Waals surface area (Å²) in [4.78, 5) is 39.5. The van der Waals surface area contributed by atoms with E-state index in [0.717, 1.165) is 11.3 Å². The van der Waals surface area contributed by atoms with Gasteiger partial charge in [-0.05, 0) is 45.2 Å². The molecule has 0 unspecified atom stereocenters. The summed E-state index contributed by atoms with van der Waals surface area (Å²) in [5.74, 6) is -0.673. The third-order valence-corrected chi connectivity index (χ3v) is 5.28. The number of ketones is 1. The molecule has 1 amide bonds. The zero-order chi connectivity index (χ0) is 21.6. The number of methoxy groups -OCH3 is 1. The molecule has 0 saturated carbocycles. The van der Waals surface area contributed by atoms with Crippen LogP contribution in [-0.2, 0) is 22.5 Å². The maximum Gasteiger partial charge on any atom is 0.354 e. The van der Waals surface area contributed by atoms with Crippen LogP contribution >= 0.6 is 0 Å². The van der Waals surface area contributed by atoms with Gasteiger partial charge < -0.3 is 14.2 Å². The fourth-order valence-electron chi connectivity index (χ4n) is 3.74. The van der Waals surface area contributed by atoms with Crippen molar-refractivity contribution in [1.29, 1.82) is 0 Å². The lowest BCUT2D eigenvalue weighted by molar-refractivity contribution is -0.130. The molecule has 0 spiro atoms. The molecule has 0 aliphatic heterocycles. The third-order valence-electron chi connectivity index (χ3n) is 5.28. The van der Waals surface area contributed by atoms with Gasteiger partial charge in [0.25, 0.3) is 0 Å². The molecule has 6 nitrogen and oxygen atoms in total. The van der Waals surface area contributed by atoms with Gasteiger partial charge in [0, 0.05) is 30.8 Å². The van der Waals surface area contributed by atoms with E-state index in [0.29, 0.717) is 42.8 Å². The Balaban J connectivity index is 2.18. The van der Waals surface area contributed by atoms with Crippen molar-refractivity contribution in [3.63, 3.8) is 0 Å². The number of benzene rings is 1. The van der Waals surface area contributed by atoms with E-state index in [2.05, 4.69) is 0 Å². The fraction of sp³-hybridized carbons (Fsp3) is 0.435. The number of esters is 1. The van der Waals surface area contributed by atoms with Crippen molar-refractivity contribution in [2.45, 2.75) is 47.1 Å². The van der Waals surface area contributed by atoms with E-state index in [1.54, 1.807) is 16.4 Å². The average molecular weight is 399 g/mol. The average Bonchev–Trinajstić information content (AvgIpc) is 2.99. The molecule has 1 aromatic carbocycles. The number of aromatic nitrogens is 1. The van der Waals surface area contributed by atoms with Crippen LogP contribution in [0.15, 0.2) is 30.3 Å². The highest BCUT2D eigenvalue weighted by atomic mass is 16.5. The molecular weight excluding hydrogens is 368 g/mol. The number of amides is 1. The lowest BCUT2D eigenvalue weighted by Gasteiger charge is -2.20. The molecule has 0 atom stereocenters. The second-order valence-electron chi connectivity index (χ2n) is 6.99. The number of ether oxygens (including phenoxy) is 1. The number of carbonyl (C=O) groups excluding carboxylic acids is 3. The Kier molecular flexibility index (Phi) is 7.76. The van der Waals surface area contributed by atoms with E-state index in [-0.39, 0.29) is 18.2 Å². The number of rotatable bonds is 9. The predicted octanol–water partition coefficient (Wildman–Crippen LogP) is 3.58. The third kappa shape index (κ3) is 4.94. The van der Waals surface area contributed by atoms with Crippen LogP contribution in [0.4, 0.5) is 0 Å². The minimum atomic E-state index is -0.460. The van der Waals surface area contributed by atoms with Crippen LogP contribution in [-0.4, -0.2) is 47.3 Å². The fourth-order valence-corrected chi connectivity index (χ4v) is 3.74. The summed E-state index contributed by atoms with van der Waals surface area (Å²) in [6.07, 6.45) is 0.994. The molecule has 0 N–H and O–H groups in total. The van der Waals surface area contributed by atoms with Gasteiger partial charge in [-0.1, -0.05) is 30.3 Å². The second-order valence-corrected chi connectivity index (χ2v) is 6.99. The van der Waals surface area contributed by atoms with Gasteiger partial charge in [0.1, 0.15) is 5.69 Å². The van der Waals surface area contributed by atoms with Gasteiger partial charge >= 0.3 is 5.97 Å². The molecule has 156 valence electrons. The minimum Gasteiger partial charge on any atom is -0.464 e. The molecule has 2 rings (SSSR count). The van der Waals surface area contributed by atoms with Gasteiger partial charge in [0.05, 0.1) is 13.7 Å². The van der Waals surface area contributed by atoms with Crippen molar-refractivity contribution in [3.8, 4) is 0 Å². The van der Waals surface area contributed by atoms with Crippen molar-refractivity contribution < 1.29 is 19.1 Å². The first-order valence-electron chi connectivity index (χ1n) is 9.98. The van der Waals surface area contributed by atoms with Crippen LogP contribution in [0, 0.1) is 13.8 Å². The van der Waals surface area contributed by atoms with Crippen LogP contribution in [0.25, 0.3) is 0 Å². The van der Waals surface area contributed by atoms with E-state index in [9.17, 15) is 14.4 Å². The molecule has 1 aromatic heterocycles. The lowest BCUT2D eigenvalue weighted by Crippen LogP contribution is -2.36. The lowest BCUT2D eigenvalue weighted by atomic mass is 10.0. The van der Waals surface area contributed by atoms with Crippen LogP contribution in [0.3, 0.4) is 0 Å². The maximum absolute atomic E-state index is 13.1. The number of nitrogens with zero attached hydrogens (tertiary/aromatic N) is 2. The smallest absolute Gasteiger partial charge is 0.354 e. The van der Waals surface area contributed by atoms with E-state index in [1.165, 1.54) is 7.11 Å². The van der Waals surface area contributed by atoms with Crippen LogP contribution < -0.4 is 0 Å². The number of hydrogen-bond acceptors (Lipinski definition) is 4. The summed E-state index contributed by atoms with van der Waals surface area (Å²) in [6, 6.07) is 9.82. The standard InChI is InChI=1S/C23H30N2O4/c1-6-24(20(27)14-13-18-11-9-8-10-12-18)15-19(26)21-16(3)22(23(28)29-5)25(7-2)17(21)4/h8-12H,6-7,13-15H2,1-5H3. The molecule has 0 radical (unpaired) electrons. The minimum absolute atomic E-state index is 0.000142. The molecule has 6 heteroatoms. The normalized spacial score (nSPS) is 10.7. The predicted molar refractivity (Wildman–Crippen MR) is 112 cm³/mol. The quantitative estimate of drug-likeness (QED) is 0.478. The Morgan fingerprint density at radius 3 is 2.28 bits per heavy atom. The van der Waals surface area contributed by atoms with Gasteiger partial charge in [-0.25, -0.2) is 4.79 Å². The molecule has 2 aromatic rings. The van der Waals surface area contributed by atoms with Crippen molar-refractivity contribution in [2.75, 3.05) is 20.2 Å². The van der Waals surface area contributed by atoms with Gasteiger partial charge in [-0.15, -0.1) is 0 Å². The molecule has 0 saturated heterocycles. The Labute approximate surface area is 172 Å². The highest BCUT2D eigenvalue weighted by molar-refractivity contribution is 6.04. The SMILES string of the molecule is CCN(CC(=O)c1c(C)c(C(=O)OC)n(CC)c1C)C(=O)CCc1ccccc1. The number of Topliss-reactive ketones (excluding diaryl/α,β-unsaturated/α-hetero) is 1. The summed E-state index contributed by atoms with van der Waals surface area (Å²) >= 11 is 0. The first kappa shape index (κ1) is 22.4. The highest BCUT2D eigenvalue weighted by Crippen LogP contribution is 2.24. The first-order valence-corrected chi connectivity index (χ1v) is 9.98. The monoisotopic (exact) mass is 398 g/mol. The van der Waals surface area contributed by atoms with E-state index in [1.807, 2.05) is 51.1 Å². The van der Waals surface area contributed by atoms with Gasteiger partial charge in [-0.3, -0.25) is 9.59 Å². The Bertz CT molecular complexity index is 884. The molecule has 0 bridgehead atoms. The Morgan fingerprint density at radius 1 is 1.07 bits per heavy atom. The summed E-state index contributed by atoms with van der Waals surface area (Å²) in [7, 11) is 1.33. The molecule has 29 heavy (non-hydrogen) atoms. The van der Waals surface area contributed by atoms with Gasteiger partial charge in [0.15, 0.2) is 5.78 Å². The number of aryl methyl sites for hydroxylation is 1. The van der Waals surface area contributed by atoms with Crippen molar-refractivity contribution in [3.05, 3.63) is 58.4 Å². The number of carbonyl (C=O) groups is 3. The van der Waals surface area contributed by atoms with Crippen molar-refractivity contribution in [1.82, 2.24) is 9.47 Å². The Hall–Kier alpha value is -2.89. The van der Waals surface area contributed by atoms with E-state index in [4.69, 9.17) is 4.74 Å². The van der Waals surface area contributed by atoms with E-state index < -0.39 is 5.97 Å². The molecule has 0 fully saturated rings. The summed E-state index contributed by atoms with van der Waals surface area (Å²) in [5, 5.41) is 0. The number of likely N-dealkylation sites (N-methyl/N-ethyl adjacent to an activating group) is 1. The Morgan fingerprint density at radius 2 is 1.72 bits per heavy atom. The summed E-state index contributed by atoms with van der Waals surface area (Å²) < 4.78 is 6.68. The molecule has 1 heterocycles. The molecule has 0 aliphatic carbocycles. The van der Waals surface area contributed by atoms with Crippen LogP contribution in [0.1, 0.15) is 57.9 Å². The largest absolute Gasteiger partial charge is 0.464 e. The summed E-state index contributed by atoms with van der Waals surface area (Å²) in [6.45, 7) is 8.37.